The number of rotatable bonds is 16. The summed E-state index contributed by atoms with van der Waals surface area (Å²) in [6.45, 7) is 76.9. The molecule has 0 atom stereocenters. The third kappa shape index (κ3) is 40.6. The van der Waals surface area contributed by atoms with Crippen molar-refractivity contribution < 1.29 is 39.6 Å². The number of hydrogen-bond acceptors (Lipinski definition) is 10. The van der Waals surface area contributed by atoms with E-state index in [1.807, 2.05) is 196 Å². The highest BCUT2D eigenvalue weighted by Gasteiger charge is 2.24. The molecule has 0 aliphatic rings. The summed E-state index contributed by atoms with van der Waals surface area (Å²) >= 11 is 0. The van der Waals surface area contributed by atoms with Gasteiger partial charge in [-0.1, -0.05) is 113 Å². The first-order chi connectivity index (χ1) is 47.8. The van der Waals surface area contributed by atoms with Crippen molar-refractivity contribution >= 4 is 47.8 Å². The van der Waals surface area contributed by atoms with E-state index in [2.05, 4.69) is 129 Å². The third-order valence-corrected chi connectivity index (χ3v) is 20.4. The molecule has 0 fully saturated rings. The maximum Gasteiger partial charge on any atom is 0.251 e. The van der Waals surface area contributed by atoms with Crippen molar-refractivity contribution in [2.75, 3.05) is 32.7 Å². The summed E-state index contributed by atoms with van der Waals surface area (Å²) in [5.41, 5.74) is 18.2. The molecule has 0 aliphatic heterocycles. The lowest BCUT2D eigenvalue weighted by Crippen LogP contribution is -2.40. The molecule has 3 amide bonds. The summed E-state index contributed by atoms with van der Waals surface area (Å²) in [6, 6.07) is 28.2. The normalized spacial score (nSPS) is 11.9. The van der Waals surface area contributed by atoms with Gasteiger partial charge in [-0.25, -0.2) is 39.4 Å². The summed E-state index contributed by atoms with van der Waals surface area (Å²) in [5, 5.41) is 8.88. The number of amides is 3. The zero-order valence-corrected chi connectivity index (χ0v) is 74.6. The van der Waals surface area contributed by atoms with Gasteiger partial charge >= 0.3 is 0 Å². The maximum atomic E-state index is 12.1. The van der Waals surface area contributed by atoms with Crippen LogP contribution in [0.1, 0.15) is 260 Å². The number of nitrogens with zero attached hydrogens (tertiary/aromatic N) is 1. The summed E-state index contributed by atoms with van der Waals surface area (Å²) < 4.78 is 79.7. The Morgan fingerprint density at radius 3 is 0.925 bits per heavy atom. The molecule has 6 rings (SSSR count). The predicted molar refractivity (Wildman–Crippen MR) is 449 cm³/mol. The fourth-order valence-corrected chi connectivity index (χ4v) is 14.9. The van der Waals surface area contributed by atoms with Crippen molar-refractivity contribution in [3.05, 3.63) is 191 Å². The number of carbonyl (C=O) groups is 3. The van der Waals surface area contributed by atoms with Crippen LogP contribution in [-0.2, 0) is 30.1 Å². The van der Waals surface area contributed by atoms with Gasteiger partial charge in [0.2, 0.25) is 30.1 Å². The Labute approximate surface area is 645 Å². The molecule has 596 valence electrons. The van der Waals surface area contributed by atoms with Gasteiger partial charge < -0.3 is 20.9 Å². The van der Waals surface area contributed by atoms with Crippen molar-refractivity contribution in [1.29, 1.82) is 0 Å². The molecule has 0 aliphatic carbocycles. The largest absolute Gasteiger partial charge is 0.352 e. The molecule has 6 aromatic carbocycles. The Balaban J connectivity index is 0.00000122. The van der Waals surface area contributed by atoms with E-state index in [-0.39, 0.29) is 46.2 Å². The SMILES string of the molecule is CCN(CC)CC(C)(C)C.Cc1cc(C)c(C(=O)NC(C)(C)C)cc1C.Cc1cc(C)c(C(=O)NC(C)C)cc1C.Cc1cc(C)c(C(=O)NCC(C)(C)C)cc1C.Cc1cc(C)cc(S(=O)(=O)NC(C)(C)C)c1.Cc1cc(C)cc(S(=O)(=O)NC(C)C)c1.Cc1cc(C)cc(S(=O)(=O)NCC(C)(C)C)c1. The van der Waals surface area contributed by atoms with E-state index in [4.69, 9.17) is 0 Å². The quantitative estimate of drug-likeness (QED) is 0.0537. The Morgan fingerprint density at radius 1 is 0.349 bits per heavy atom. The first kappa shape index (κ1) is 99.4. The second-order valence-electron chi connectivity index (χ2n) is 34.8. The van der Waals surface area contributed by atoms with Gasteiger partial charge in [-0.15, -0.1) is 0 Å². The average Bonchev–Trinajstić information content (AvgIpc) is 0.819. The number of benzene rings is 6. The lowest BCUT2D eigenvalue weighted by atomic mass is 9.96. The summed E-state index contributed by atoms with van der Waals surface area (Å²) in [4.78, 5) is 39.4. The molecule has 0 saturated heterocycles. The molecule has 0 saturated carbocycles. The van der Waals surface area contributed by atoms with E-state index in [1.54, 1.807) is 50.2 Å². The standard InChI is InChI=1S/C15H23NO.C14H21NO.C13H21NO2S.C13H19NO.C12H19NO2S.C11H17NO2S.C9H21N/c1-10-7-12(3)13(8-11(10)2)14(17)16-9-15(4,5)6;1-9-7-11(3)12(8-10(9)2)13(16)15-14(4,5)6;1-10-6-11(2)8-12(7-10)17(15,16)14-9-13(3,4)5;1-8(2)14-13(15)12-7-10(4)9(3)6-11(12)5;1-9-6-10(2)8-11(7-9)16(14,15)13-12(3,4)5;1-8(2)12-15(13,14)11-6-9(3)5-10(4)7-11;1-6-10(7-2)8-9(3,4)5/h7-8H,9H2,1-6H3,(H,16,17);7-8H,1-6H3,(H,15,16);6-8,14H,9H2,1-5H3;6-8H,1-5H3,(H,14,15);6-8,13H,1-5H3;5-8,12H,1-4H3;6-8H2,1-5H3. The van der Waals surface area contributed by atoms with Crippen LogP contribution in [-0.4, -0.2) is 104 Å². The van der Waals surface area contributed by atoms with Crippen LogP contribution < -0.4 is 30.1 Å². The van der Waals surface area contributed by atoms with Crippen LogP contribution in [0, 0.1) is 120 Å². The summed E-state index contributed by atoms with van der Waals surface area (Å²) in [5.74, 6) is 0.0548. The van der Waals surface area contributed by atoms with Crippen LogP contribution in [0.15, 0.2) is 106 Å². The molecular weight excluding hydrogens is 1380 g/mol. The molecule has 19 heteroatoms. The second-order valence-corrected chi connectivity index (χ2v) is 40.0. The number of aryl methyl sites for hydroxylation is 15. The molecule has 0 bridgehead atoms. The van der Waals surface area contributed by atoms with Crippen molar-refractivity contribution in [3.63, 3.8) is 0 Å². The first-order valence-corrected chi connectivity index (χ1v) is 41.5. The molecule has 0 unspecified atom stereocenters. The third-order valence-electron chi connectivity index (χ3n) is 15.7. The average molecular weight is 1530 g/mol. The smallest absolute Gasteiger partial charge is 0.251 e. The van der Waals surface area contributed by atoms with Gasteiger partial charge in [-0.2, -0.15) is 0 Å². The highest BCUT2D eigenvalue weighted by Crippen LogP contribution is 2.23. The Hall–Kier alpha value is -6.58. The Bertz CT molecular complexity index is 4150. The molecule has 0 heterocycles. The monoisotopic (exact) mass is 1520 g/mol. The van der Waals surface area contributed by atoms with Crippen LogP contribution >= 0.6 is 0 Å². The lowest BCUT2D eigenvalue weighted by Gasteiger charge is -2.27. The molecule has 0 aromatic heterocycles. The van der Waals surface area contributed by atoms with E-state index in [0.717, 1.165) is 83.5 Å². The van der Waals surface area contributed by atoms with E-state index in [9.17, 15) is 39.6 Å². The van der Waals surface area contributed by atoms with Gasteiger partial charge in [0.05, 0.1) is 14.7 Å². The van der Waals surface area contributed by atoms with Gasteiger partial charge in [0, 0.05) is 59.5 Å². The second kappa shape index (κ2) is 42.4. The summed E-state index contributed by atoms with van der Waals surface area (Å²) in [6.07, 6.45) is 0. The van der Waals surface area contributed by atoms with Gasteiger partial charge in [0.15, 0.2) is 0 Å². The fraction of sp³-hybridized carbons (Fsp3) is 0.552. The molecule has 106 heavy (non-hydrogen) atoms. The van der Waals surface area contributed by atoms with E-state index < -0.39 is 35.6 Å². The van der Waals surface area contributed by atoms with Crippen molar-refractivity contribution in [2.24, 2.45) is 16.2 Å². The van der Waals surface area contributed by atoms with E-state index in [1.165, 1.54) is 36.3 Å². The minimum Gasteiger partial charge on any atom is -0.352 e. The van der Waals surface area contributed by atoms with Crippen LogP contribution in [0.5, 0.6) is 0 Å². The summed E-state index contributed by atoms with van der Waals surface area (Å²) in [7, 11) is -10.2. The van der Waals surface area contributed by atoms with Crippen LogP contribution in [0.2, 0.25) is 0 Å². The van der Waals surface area contributed by atoms with Gasteiger partial charge in [0.25, 0.3) is 17.7 Å². The topological polar surface area (TPSA) is 229 Å². The van der Waals surface area contributed by atoms with Crippen molar-refractivity contribution in [3.8, 4) is 0 Å². The molecule has 0 spiro atoms. The molecule has 0 radical (unpaired) electrons. The van der Waals surface area contributed by atoms with Crippen molar-refractivity contribution in [1.82, 2.24) is 35.0 Å². The highest BCUT2D eigenvalue weighted by molar-refractivity contribution is 7.90. The Morgan fingerprint density at radius 2 is 0.651 bits per heavy atom. The maximum absolute atomic E-state index is 12.1. The minimum atomic E-state index is -3.41. The van der Waals surface area contributed by atoms with Crippen molar-refractivity contribution in [2.45, 2.75) is 287 Å². The van der Waals surface area contributed by atoms with Crippen LogP contribution in [0.25, 0.3) is 0 Å². The van der Waals surface area contributed by atoms with Gasteiger partial charge in [0.1, 0.15) is 0 Å². The van der Waals surface area contributed by atoms with E-state index >= 15 is 0 Å². The number of sulfonamides is 3. The number of nitrogens with one attached hydrogen (secondary N) is 6. The predicted octanol–water partition coefficient (Wildman–Crippen LogP) is 18.7. The molecule has 6 aromatic rings. The number of carbonyl (C=O) groups excluding carboxylic acids is 3. The van der Waals surface area contributed by atoms with Crippen LogP contribution in [0.4, 0.5) is 0 Å². The number of hydrogen-bond donors (Lipinski definition) is 6. The highest BCUT2D eigenvalue weighted by atomic mass is 32.2. The lowest BCUT2D eigenvalue weighted by molar-refractivity contribution is 0.0914. The van der Waals surface area contributed by atoms with Gasteiger partial charge in [-0.3, -0.25) is 14.4 Å². The van der Waals surface area contributed by atoms with Gasteiger partial charge in [-0.05, 0) is 340 Å². The Kier molecular flexibility index (Phi) is 39.8. The van der Waals surface area contributed by atoms with E-state index in [0.29, 0.717) is 33.2 Å². The molecule has 16 nitrogen and oxygen atoms in total. The minimum absolute atomic E-state index is 0.00750. The zero-order chi connectivity index (χ0) is 83.0. The van der Waals surface area contributed by atoms with Crippen LogP contribution in [0.3, 0.4) is 0 Å². The fourth-order valence-electron chi connectivity index (χ4n) is 10.4. The zero-order valence-electron chi connectivity index (χ0n) is 72.2. The molecular formula is C87H141N7O9S3. The first-order valence-electron chi connectivity index (χ1n) is 37.0. The molecule has 6 N–H and O–H groups in total.